The summed E-state index contributed by atoms with van der Waals surface area (Å²) in [7, 11) is 1.59. The molecule has 3 heteroatoms. The lowest BCUT2D eigenvalue weighted by molar-refractivity contribution is 0.0990. The molecule has 98 valence electrons. The molecule has 0 radical (unpaired) electrons. The molecule has 1 aliphatic rings. The molecule has 0 saturated heterocycles. The monoisotopic (exact) mass is 264 g/mol. The van der Waals surface area contributed by atoms with Crippen molar-refractivity contribution in [1.82, 2.24) is 0 Å². The predicted molar refractivity (Wildman–Crippen MR) is 76.1 cm³/mol. The molecule has 20 heavy (non-hydrogen) atoms. The van der Waals surface area contributed by atoms with Crippen LogP contribution in [0.3, 0.4) is 0 Å². The molecule has 0 atom stereocenters. The zero-order valence-corrected chi connectivity index (χ0v) is 10.9. The summed E-state index contributed by atoms with van der Waals surface area (Å²) in [5.74, 6) is 0.322. The third kappa shape index (κ3) is 1.93. The number of methoxy groups -OCH3 is 1. The van der Waals surface area contributed by atoms with Gasteiger partial charge in [-0.05, 0) is 23.8 Å². The molecule has 0 N–H and O–H groups in total. The van der Waals surface area contributed by atoms with Gasteiger partial charge in [-0.2, -0.15) is 0 Å². The first kappa shape index (κ1) is 12.4. The second kappa shape index (κ2) is 4.78. The van der Waals surface area contributed by atoms with Crippen LogP contribution in [0.5, 0.6) is 5.75 Å². The molecular formula is C17H12O3. The van der Waals surface area contributed by atoms with E-state index in [-0.39, 0.29) is 17.1 Å². The van der Waals surface area contributed by atoms with Crippen molar-refractivity contribution in [1.29, 1.82) is 0 Å². The summed E-state index contributed by atoms with van der Waals surface area (Å²) in [6.07, 6.45) is 1.63. The molecule has 0 spiro atoms. The number of carbonyl (C=O) groups excluding carboxylic acids is 2. The Labute approximate surface area is 116 Å². The van der Waals surface area contributed by atoms with Gasteiger partial charge >= 0.3 is 0 Å². The number of Topliss-reactive ketones (excluding diaryl/α,β-unsaturated/α-hetero) is 2. The van der Waals surface area contributed by atoms with Crippen LogP contribution in [0.15, 0.2) is 54.1 Å². The lowest BCUT2D eigenvalue weighted by Crippen LogP contribution is -2.00. The molecule has 0 amide bonds. The van der Waals surface area contributed by atoms with Crippen LogP contribution >= 0.6 is 0 Å². The molecule has 2 aromatic carbocycles. The summed E-state index contributed by atoms with van der Waals surface area (Å²) in [4.78, 5) is 24.4. The van der Waals surface area contributed by atoms with Gasteiger partial charge in [0.2, 0.25) is 0 Å². The van der Waals surface area contributed by atoms with Gasteiger partial charge in [-0.1, -0.05) is 36.4 Å². The Bertz CT molecular complexity index is 687. The largest absolute Gasteiger partial charge is 0.497 e. The number of carbonyl (C=O) groups is 2. The van der Waals surface area contributed by atoms with Crippen LogP contribution in [-0.2, 0) is 0 Å². The van der Waals surface area contributed by atoms with E-state index in [0.717, 1.165) is 11.3 Å². The van der Waals surface area contributed by atoms with Crippen molar-refractivity contribution in [3.8, 4) is 5.75 Å². The van der Waals surface area contributed by atoms with Gasteiger partial charge in [0.05, 0.1) is 12.7 Å². The van der Waals surface area contributed by atoms with Crippen LogP contribution in [0.25, 0.3) is 6.08 Å². The van der Waals surface area contributed by atoms with Crippen molar-refractivity contribution < 1.29 is 14.3 Å². The maximum absolute atomic E-state index is 12.2. The normalized spacial score (nSPS) is 13.3. The molecule has 2 aromatic rings. The quantitative estimate of drug-likeness (QED) is 0.618. The van der Waals surface area contributed by atoms with Gasteiger partial charge in [0.15, 0.2) is 11.6 Å². The minimum Gasteiger partial charge on any atom is -0.497 e. The lowest BCUT2D eigenvalue weighted by atomic mass is 10.1. The van der Waals surface area contributed by atoms with E-state index in [4.69, 9.17) is 4.74 Å². The SMILES string of the molecule is COc1ccc(C=C2C(=O)c3ccccc3C2=O)cc1. The molecule has 0 bridgehead atoms. The van der Waals surface area contributed by atoms with Crippen molar-refractivity contribution >= 4 is 17.6 Å². The van der Waals surface area contributed by atoms with Crippen molar-refractivity contribution in [2.24, 2.45) is 0 Å². The third-order valence-electron chi connectivity index (χ3n) is 3.33. The van der Waals surface area contributed by atoms with E-state index in [9.17, 15) is 9.59 Å². The Hall–Kier alpha value is -2.68. The molecule has 0 heterocycles. The van der Waals surface area contributed by atoms with Crippen molar-refractivity contribution in [2.45, 2.75) is 0 Å². The minimum absolute atomic E-state index is 0.207. The average Bonchev–Trinajstić information content (AvgIpc) is 2.74. The highest BCUT2D eigenvalue weighted by Gasteiger charge is 2.32. The number of allylic oxidation sites excluding steroid dienone is 1. The predicted octanol–water partition coefficient (Wildman–Crippen LogP) is 3.16. The Morgan fingerprint density at radius 1 is 0.850 bits per heavy atom. The van der Waals surface area contributed by atoms with Gasteiger partial charge in [-0.15, -0.1) is 0 Å². The van der Waals surface area contributed by atoms with Crippen LogP contribution < -0.4 is 4.74 Å². The first-order valence-electron chi connectivity index (χ1n) is 6.25. The van der Waals surface area contributed by atoms with Gasteiger partial charge in [-0.3, -0.25) is 9.59 Å². The molecule has 3 nitrogen and oxygen atoms in total. The number of rotatable bonds is 2. The first-order valence-corrected chi connectivity index (χ1v) is 6.25. The maximum atomic E-state index is 12.2. The van der Waals surface area contributed by atoms with E-state index in [1.807, 2.05) is 12.1 Å². The van der Waals surface area contributed by atoms with Gasteiger partial charge in [0.1, 0.15) is 5.75 Å². The Morgan fingerprint density at radius 3 is 1.90 bits per heavy atom. The minimum atomic E-state index is -0.207. The summed E-state index contributed by atoms with van der Waals surface area (Å²) in [5, 5.41) is 0. The van der Waals surface area contributed by atoms with Crippen molar-refractivity contribution in [3.63, 3.8) is 0 Å². The number of hydrogen-bond donors (Lipinski definition) is 0. The third-order valence-corrected chi connectivity index (χ3v) is 3.33. The fourth-order valence-electron chi connectivity index (χ4n) is 2.27. The second-order valence-corrected chi connectivity index (χ2v) is 4.54. The van der Waals surface area contributed by atoms with E-state index in [1.54, 1.807) is 49.6 Å². The second-order valence-electron chi connectivity index (χ2n) is 4.54. The summed E-state index contributed by atoms with van der Waals surface area (Å²) < 4.78 is 5.08. The van der Waals surface area contributed by atoms with Crippen LogP contribution in [0, 0.1) is 0 Å². The van der Waals surface area contributed by atoms with E-state index < -0.39 is 0 Å². The molecule has 0 aromatic heterocycles. The molecule has 3 rings (SSSR count). The number of benzene rings is 2. The van der Waals surface area contributed by atoms with Crippen LogP contribution in [0.1, 0.15) is 26.3 Å². The average molecular weight is 264 g/mol. The lowest BCUT2D eigenvalue weighted by Gasteiger charge is -2.00. The fourth-order valence-corrected chi connectivity index (χ4v) is 2.27. The summed E-state index contributed by atoms with van der Waals surface area (Å²) in [5.41, 5.74) is 1.99. The molecule has 0 unspecified atom stereocenters. The Morgan fingerprint density at radius 2 is 1.40 bits per heavy atom. The maximum Gasteiger partial charge on any atom is 0.197 e. The van der Waals surface area contributed by atoms with Crippen LogP contribution in [0.2, 0.25) is 0 Å². The first-order chi connectivity index (χ1) is 9.70. The zero-order chi connectivity index (χ0) is 14.1. The molecular weight excluding hydrogens is 252 g/mol. The van der Waals surface area contributed by atoms with E-state index in [1.165, 1.54) is 0 Å². The topological polar surface area (TPSA) is 43.4 Å². The summed E-state index contributed by atoms with van der Waals surface area (Å²) in [6.45, 7) is 0. The van der Waals surface area contributed by atoms with Gasteiger partial charge in [-0.25, -0.2) is 0 Å². The number of ether oxygens (including phenoxy) is 1. The Balaban J connectivity index is 2.01. The standard InChI is InChI=1S/C17H12O3/c1-20-12-8-6-11(7-9-12)10-15-16(18)13-4-2-3-5-14(13)17(15)19/h2-10H,1H3. The van der Waals surface area contributed by atoms with Gasteiger partial charge in [0, 0.05) is 11.1 Å². The van der Waals surface area contributed by atoms with E-state index in [0.29, 0.717) is 11.1 Å². The van der Waals surface area contributed by atoms with Crippen molar-refractivity contribution in [3.05, 3.63) is 70.8 Å². The van der Waals surface area contributed by atoms with E-state index in [2.05, 4.69) is 0 Å². The Kier molecular flexibility index (Phi) is 2.95. The van der Waals surface area contributed by atoms with Gasteiger partial charge in [0.25, 0.3) is 0 Å². The number of ketones is 2. The van der Waals surface area contributed by atoms with Crippen LogP contribution in [0.4, 0.5) is 0 Å². The number of fused-ring (bicyclic) bond motifs is 1. The summed E-state index contributed by atoms with van der Waals surface area (Å²) in [6, 6.07) is 14.1. The zero-order valence-electron chi connectivity index (χ0n) is 10.9. The number of hydrogen-bond acceptors (Lipinski definition) is 3. The van der Waals surface area contributed by atoms with Crippen molar-refractivity contribution in [2.75, 3.05) is 7.11 Å². The fraction of sp³-hybridized carbons (Fsp3) is 0.0588. The highest BCUT2D eigenvalue weighted by Crippen LogP contribution is 2.27. The highest BCUT2D eigenvalue weighted by atomic mass is 16.5. The highest BCUT2D eigenvalue weighted by molar-refractivity contribution is 6.41. The molecule has 0 aliphatic heterocycles. The van der Waals surface area contributed by atoms with Gasteiger partial charge < -0.3 is 4.74 Å². The van der Waals surface area contributed by atoms with E-state index >= 15 is 0 Å². The molecule has 1 aliphatic carbocycles. The summed E-state index contributed by atoms with van der Waals surface area (Å²) >= 11 is 0. The molecule has 0 fully saturated rings. The molecule has 0 saturated carbocycles. The van der Waals surface area contributed by atoms with Crippen LogP contribution in [-0.4, -0.2) is 18.7 Å². The smallest absolute Gasteiger partial charge is 0.197 e.